The maximum Gasteiger partial charge on any atom is 0.336 e. The van der Waals surface area contributed by atoms with Crippen LogP contribution in [0.5, 0.6) is 0 Å². The monoisotopic (exact) mass is 317 g/mol. The molecule has 5 heteroatoms. The van der Waals surface area contributed by atoms with Crippen molar-refractivity contribution in [2.24, 2.45) is 0 Å². The number of carbonyl (C=O) groups is 2. The van der Waals surface area contributed by atoms with Crippen molar-refractivity contribution in [2.45, 2.75) is 19.8 Å². The first-order valence-corrected chi connectivity index (χ1v) is 7.28. The van der Waals surface area contributed by atoms with Crippen LogP contribution in [0.25, 0.3) is 0 Å². The molecule has 4 nitrogen and oxygen atoms in total. The highest BCUT2D eigenvalue weighted by Crippen LogP contribution is 2.21. The Morgan fingerprint density at radius 3 is 2.41 bits per heavy atom. The van der Waals surface area contributed by atoms with Gasteiger partial charge >= 0.3 is 5.97 Å². The Labute approximate surface area is 133 Å². The highest BCUT2D eigenvalue weighted by Gasteiger charge is 2.14. The molecule has 2 rings (SSSR count). The van der Waals surface area contributed by atoms with Crippen molar-refractivity contribution in [3.8, 4) is 0 Å². The van der Waals surface area contributed by atoms with Gasteiger partial charge in [0.05, 0.1) is 12.0 Å². The third kappa shape index (κ3) is 3.86. The van der Waals surface area contributed by atoms with E-state index in [1.165, 1.54) is 6.07 Å². The molecule has 0 fully saturated rings. The minimum Gasteiger partial charge on any atom is -0.478 e. The summed E-state index contributed by atoms with van der Waals surface area (Å²) in [6.45, 7) is 1.86. The first-order valence-electron chi connectivity index (χ1n) is 6.90. The number of carboxylic acids is 1. The molecule has 0 saturated carbocycles. The number of anilines is 1. The summed E-state index contributed by atoms with van der Waals surface area (Å²) in [4.78, 5) is 23.3. The fourth-order valence-electron chi connectivity index (χ4n) is 2.27. The standard InChI is InChI=1S/C17H16ClNO3/c1-2-13-14(17(21)22)4-3-5-15(13)19-16(20)10-11-6-8-12(18)9-7-11/h3-9H,2,10H2,1H3,(H,19,20)(H,21,22). The molecule has 0 saturated heterocycles. The minimum absolute atomic E-state index is 0.195. The molecule has 0 radical (unpaired) electrons. The molecule has 2 aromatic rings. The summed E-state index contributed by atoms with van der Waals surface area (Å²) in [7, 11) is 0. The Kier molecular flexibility index (Phi) is 5.17. The van der Waals surface area contributed by atoms with Gasteiger partial charge in [-0.2, -0.15) is 0 Å². The Bertz CT molecular complexity index is 696. The van der Waals surface area contributed by atoms with Crippen molar-refractivity contribution in [3.05, 3.63) is 64.2 Å². The number of hydrogen-bond acceptors (Lipinski definition) is 2. The third-order valence-electron chi connectivity index (χ3n) is 3.31. The van der Waals surface area contributed by atoms with Gasteiger partial charge in [-0.3, -0.25) is 4.79 Å². The average Bonchev–Trinajstić information content (AvgIpc) is 2.49. The summed E-state index contributed by atoms with van der Waals surface area (Å²) in [5.74, 6) is -1.19. The minimum atomic E-state index is -0.995. The lowest BCUT2D eigenvalue weighted by Crippen LogP contribution is -2.16. The van der Waals surface area contributed by atoms with Gasteiger partial charge in [-0.05, 0) is 41.8 Å². The van der Waals surface area contributed by atoms with Crippen LogP contribution in [0, 0.1) is 0 Å². The molecule has 2 N–H and O–H groups in total. The lowest BCUT2D eigenvalue weighted by Gasteiger charge is -2.12. The molecule has 22 heavy (non-hydrogen) atoms. The van der Waals surface area contributed by atoms with Crippen LogP contribution < -0.4 is 5.32 Å². The fourth-order valence-corrected chi connectivity index (χ4v) is 2.39. The van der Waals surface area contributed by atoms with Crippen molar-refractivity contribution in [1.82, 2.24) is 0 Å². The third-order valence-corrected chi connectivity index (χ3v) is 3.56. The molecule has 0 aromatic heterocycles. The van der Waals surface area contributed by atoms with Crippen molar-refractivity contribution in [3.63, 3.8) is 0 Å². The van der Waals surface area contributed by atoms with Gasteiger partial charge in [-0.1, -0.05) is 36.7 Å². The molecule has 0 spiro atoms. The summed E-state index contributed by atoms with van der Waals surface area (Å²) in [6, 6.07) is 11.9. The van der Waals surface area contributed by atoms with Gasteiger partial charge in [0.15, 0.2) is 0 Å². The summed E-state index contributed by atoms with van der Waals surface area (Å²) < 4.78 is 0. The zero-order valence-electron chi connectivity index (χ0n) is 12.1. The number of carboxylic acid groups (broad SMARTS) is 1. The topological polar surface area (TPSA) is 66.4 Å². The number of carbonyl (C=O) groups excluding carboxylic acids is 1. The van der Waals surface area contributed by atoms with Crippen LogP contribution >= 0.6 is 11.6 Å². The van der Waals surface area contributed by atoms with Crippen LogP contribution in [0.1, 0.15) is 28.4 Å². The number of aromatic carboxylic acids is 1. The molecule has 0 aliphatic heterocycles. The summed E-state index contributed by atoms with van der Waals surface area (Å²) in [6.07, 6.45) is 0.733. The van der Waals surface area contributed by atoms with Gasteiger partial charge in [-0.25, -0.2) is 4.79 Å². The lowest BCUT2D eigenvalue weighted by atomic mass is 10.0. The highest BCUT2D eigenvalue weighted by atomic mass is 35.5. The van der Waals surface area contributed by atoms with E-state index in [4.69, 9.17) is 11.6 Å². The fraction of sp³-hybridized carbons (Fsp3) is 0.176. The van der Waals surface area contributed by atoms with Crippen molar-refractivity contribution >= 4 is 29.2 Å². The van der Waals surface area contributed by atoms with E-state index >= 15 is 0 Å². The highest BCUT2D eigenvalue weighted by molar-refractivity contribution is 6.30. The first kappa shape index (κ1) is 16.0. The number of hydrogen-bond donors (Lipinski definition) is 2. The second-order valence-corrected chi connectivity index (χ2v) is 5.28. The largest absolute Gasteiger partial charge is 0.478 e. The summed E-state index contributed by atoms with van der Waals surface area (Å²) in [5.41, 5.74) is 2.22. The van der Waals surface area contributed by atoms with E-state index in [0.29, 0.717) is 22.7 Å². The van der Waals surface area contributed by atoms with Gasteiger partial charge in [0.2, 0.25) is 5.91 Å². The maximum atomic E-state index is 12.1. The van der Waals surface area contributed by atoms with Crippen LogP contribution in [0.3, 0.4) is 0 Å². The average molecular weight is 318 g/mol. The van der Waals surface area contributed by atoms with Crippen LogP contribution in [0.4, 0.5) is 5.69 Å². The normalized spacial score (nSPS) is 10.3. The van der Waals surface area contributed by atoms with Crippen LogP contribution in [-0.2, 0) is 17.6 Å². The molecule has 1 amide bonds. The molecule has 0 heterocycles. The molecule has 0 unspecified atom stereocenters. The van der Waals surface area contributed by atoms with Crippen LogP contribution in [0.2, 0.25) is 5.02 Å². The van der Waals surface area contributed by atoms with Crippen molar-refractivity contribution in [1.29, 1.82) is 0 Å². The second kappa shape index (κ2) is 7.09. The van der Waals surface area contributed by atoms with Gasteiger partial charge in [0.1, 0.15) is 0 Å². The van der Waals surface area contributed by atoms with E-state index < -0.39 is 5.97 Å². The zero-order chi connectivity index (χ0) is 16.1. The first-order chi connectivity index (χ1) is 10.5. The molecule has 114 valence electrons. The number of nitrogens with one attached hydrogen (secondary N) is 1. The molecule has 0 aliphatic rings. The van der Waals surface area contributed by atoms with Gasteiger partial charge in [0.25, 0.3) is 0 Å². The Hall–Kier alpha value is -2.33. The molecule has 2 aromatic carbocycles. The predicted molar refractivity (Wildman–Crippen MR) is 86.6 cm³/mol. The van der Waals surface area contributed by atoms with Crippen molar-refractivity contribution in [2.75, 3.05) is 5.32 Å². The van der Waals surface area contributed by atoms with E-state index in [1.54, 1.807) is 36.4 Å². The SMILES string of the molecule is CCc1c(NC(=O)Cc2ccc(Cl)cc2)cccc1C(=O)O. The van der Waals surface area contributed by atoms with E-state index in [2.05, 4.69) is 5.32 Å². The lowest BCUT2D eigenvalue weighted by molar-refractivity contribution is -0.115. The van der Waals surface area contributed by atoms with E-state index in [9.17, 15) is 14.7 Å². The van der Waals surface area contributed by atoms with E-state index in [1.807, 2.05) is 6.92 Å². The molecular formula is C17H16ClNO3. The van der Waals surface area contributed by atoms with Crippen LogP contribution in [-0.4, -0.2) is 17.0 Å². The van der Waals surface area contributed by atoms with E-state index in [0.717, 1.165) is 5.56 Å². The zero-order valence-corrected chi connectivity index (χ0v) is 12.9. The maximum absolute atomic E-state index is 12.1. The predicted octanol–water partition coefficient (Wildman–Crippen LogP) is 3.78. The Morgan fingerprint density at radius 1 is 1.14 bits per heavy atom. The summed E-state index contributed by atoms with van der Waals surface area (Å²) in [5, 5.41) is 12.6. The summed E-state index contributed by atoms with van der Waals surface area (Å²) >= 11 is 5.81. The number of halogens is 1. The number of benzene rings is 2. The van der Waals surface area contributed by atoms with Gasteiger partial charge in [-0.15, -0.1) is 0 Å². The molecule has 0 bridgehead atoms. The quantitative estimate of drug-likeness (QED) is 0.882. The van der Waals surface area contributed by atoms with Crippen molar-refractivity contribution < 1.29 is 14.7 Å². The number of amides is 1. The Morgan fingerprint density at radius 2 is 1.82 bits per heavy atom. The van der Waals surface area contributed by atoms with Gasteiger partial charge in [0, 0.05) is 10.7 Å². The Balaban J connectivity index is 2.16. The van der Waals surface area contributed by atoms with Gasteiger partial charge < -0.3 is 10.4 Å². The molecular weight excluding hydrogens is 302 g/mol. The molecule has 0 atom stereocenters. The smallest absolute Gasteiger partial charge is 0.336 e. The van der Waals surface area contributed by atoms with E-state index in [-0.39, 0.29) is 17.9 Å². The molecule has 0 aliphatic carbocycles. The second-order valence-electron chi connectivity index (χ2n) is 4.84. The number of rotatable bonds is 5. The van der Waals surface area contributed by atoms with Crippen LogP contribution in [0.15, 0.2) is 42.5 Å².